The summed E-state index contributed by atoms with van der Waals surface area (Å²) in [5.74, 6) is 0.664. The van der Waals surface area contributed by atoms with E-state index in [1.165, 1.54) is 12.1 Å². The number of nitrogens with zero attached hydrogens (tertiary/aromatic N) is 3. The number of piperazine rings is 1. The number of halogens is 3. The Bertz CT molecular complexity index is 1250. The molecule has 1 aliphatic heterocycles. The molecule has 0 N–H and O–H groups in total. The quantitative estimate of drug-likeness (QED) is 0.308. The maximum absolute atomic E-state index is 13.8. The Morgan fingerprint density at radius 2 is 1.56 bits per heavy atom. The summed E-state index contributed by atoms with van der Waals surface area (Å²) in [6.07, 6.45) is -4.43. The highest BCUT2D eigenvalue weighted by molar-refractivity contribution is 5.94. The van der Waals surface area contributed by atoms with Crippen molar-refractivity contribution in [3.63, 3.8) is 0 Å². The SMILES string of the molecule is CCOc1cccc(-c2cc(CN3CCN(c4ccc(C(=O)N(CC)CC)cc4)CC3)cc(C(F)(F)F)c2)c1. The van der Waals surface area contributed by atoms with Crippen LogP contribution in [0.5, 0.6) is 5.75 Å². The highest BCUT2D eigenvalue weighted by Gasteiger charge is 2.31. The van der Waals surface area contributed by atoms with E-state index in [-0.39, 0.29) is 5.91 Å². The number of benzene rings is 3. The molecule has 1 fully saturated rings. The van der Waals surface area contributed by atoms with Gasteiger partial charge in [-0.25, -0.2) is 0 Å². The van der Waals surface area contributed by atoms with Crippen LogP contribution in [0.25, 0.3) is 11.1 Å². The minimum absolute atomic E-state index is 0.0291. The third-order valence-corrected chi connectivity index (χ3v) is 7.11. The summed E-state index contributed by atoms with van der Waals surface area (Å²) in [5.41, 5.74) is 2.93. The minimum Gasteiger partial charge on any atom is -0.494 e. The van der Waals surface area contributed by atoms with E-state index in [0.29, 0.717) is 54.2 Å². The molecule has 3 aromatic carbocycles. The van der Waals surface area contributed by atoms with Crippen molar-refractivity contribution >= 4 is 11.6 Å². The van der Waals surface area contributed by atoms with Gasteiger partial charge in [0.1, 0.15) is 5.75 Å². The van der Waals surface area contributed by atoms with E-state index in [4.69, 9.17) is 4.74 Å². The van der Waals surface area contributed by atoms with Crippen molar-refractivity contribution in [1.29, 1.82) is 0 Å². The van der Waals surface area contributed by atoms with Crippen LogP contribution in [0.3, 0.4) is 0 Å². The summed E-state index contributed by atoms with van der Waals surface area (Å²) in [4.78, 5) is 18.8. The summed E-state index contributed by atoms with van der Waals surface area (Å²) in [6.45, 7) is 11.0. The van der Waals surface area contributed by atoms with E-state index < -0.39 is 11.7 Å². The number of anilines is 1. The number of rotatable bonds is 9. The normalized spacial score (nSPS) is 14.4. The lowest BCUT2D eigenvalue weighted by atomic mass is 9.98. The number of carbonyl (C=O) groups is 1. The van der Waals surface area contributed by atoms with Gasteiger partial charge in [0.2, 0.25) is 0 Å². The Morgan fingerprint density at radius 3 is 2.18 bits per heavy atom. The first-order valence-electron chi connectivity index (χ1n) is 13.5. The zero-order chi connectivity index (χ0) is 28.0. The second-order valence-electron chi connectivity index (χ2n) is 9.66. The predicted molar refractivity (Wildman–Crippen MR) is 149 cm³/mol. The largest absolute Gasteiger partial charge is 0.494 e. The molecule has 1 aliphatic rings. The van der Waals surface area contributed by atoms with Crippen molar-refractivity contribution in [3.8, 4) is 16.9 Å². The Kier molecular flexibility index (Phi) is 9.17. The third kappa shape index (κ3) is 7.12. The molecule has 0 spiro atoms. The molecule has 39 heavy (non-hydrogen) atoms. The van der Waals surface area contributed by atoms with Gasteiger partial charge < -0.3 is 14.5 Å². The van der Waals surface area contributed by atoms with Crippen LogP contribution in [0.1, 0.15) is 42.3 Å². The van der Waals surface area contributed by atoms with Gasteiger partial charge >= 0.3 is 6.18 Å². The molecule has 0 aromatic heterocycles. The fourth-order valence-electron chi connectivity index (χ4n) is 4.98. The van der Waals surface area contributed by atoms with Crippen molar-refractivity contribution in [2.45, 2.75) is 33.5 Å². The fraction of sp³-hybridized carbons (Fsp3) is 0.387. The Morgan fingerprint density at radius 1 is 0.872 bits per heavy atom. The Labute approximate surface area is 228 Å². The van der Waals surface area contributed by atoms with Gasteiger partial charge in [-0.3, -0.25) is 9.69 Å². The molecular formula is C31H36F3N3O2. The maximum Gasteiger partial charge on any atom is 0.416 e. The summed E-state index contributed by atoms with van der Waals surface area (Å²) in [7, 11) is 0. The van der Waals surface area contributed by atoms with Gasteiger partial charge in [0.25, 0.3) is 5.91 Å². The number of alkyl halides is 3. The van der Waals surface area contributed by atoms with Crippen LogP contribution < -0.4 is 9.64 Å². The first kappa shape index (κ1) is 28.5. The fourth-order valence-corrected chi connectivity index (χ4v) is 4.98. The lowest BCUT2D eigenvalue weighted by Gasteiger charge is -2.36. The van der Waals surface area contributed by atoms with Crippen LogP contribution in [-0.4, -0.2) is 61.6 Å². The van der Waals surface area contributed by atoms with Crippen molar-refractivity contribution in [1.82, 2.24) is 9.80 Å². The molecule has 4 rings (SSSR count). The van der Waals surface area contributed by atoms with Crippen LogP contribution in [-0.2, 0) is 12.7 Å². The molecule has 3 aromatic rings. The molecule has 1 amide bonds. The minimum atomic E-state index is -4.43. The van der Waals surface area contributed by atoms with E-state index in [2.05, 4.69) is 9.80 Å². The first-order valence-corrected chi connectivity index (χ1v) is 13.5. The third-order valence-electron chi connectivity index (χ3n) is 7.11. The van der Waals surface area contributed by atoms with Gasteiger partial charge in [-0.05, 0) is 92.1 Å². The first-order chi connectivity index (χ1) is 18.7. The van der Waals surface area contributed by atoms with E-state index >= 15 is 0 Å². The Hall–Kier alpha value is -3.52. The molecule has 208 valence electrons. The second kappa shape index (κ2) is 12.6. The van der Waals surface area contributed by atoms with Crippen LogP contribution in [0, 0.1) is 0 Å². The number of ether oxygens (including phenoxy) is 1. The number of hydrogen-bond acceptors (Lipinski definition) is 4. The highest BCUT2D eigenvalue weighted by Crippen LogP contribution is 2.35. The molecule has 0 atom stereocenters. The summed E-state index contributed by atoms with van der Waals surface area (Å²) in [5, 5.41) is 0. The van der Waals surface area contributed by atoms with E-state index in [9.17, 15) is 18.0 Å². The van der Waals surface area contributed by atoms with Gasteiger partial charge in [-0.1, -0.05) is 12.1 Å². The molecule has 5 nitrogen and oxygen atoms in total. The van der Waals surface area contributed by atoms with Gasteiger partial charge in [0, 0.05) is 57.1 Å². The molecular weight excluding hydrogens is 503 g/mol. The molecule has 0 radical (unpaired) electrons. The molecule has 0 saturated carbocycles. The predicted octanol–water partition coefficient (Wildman–Crippen LogP) is 6.58. The lowest BCUT2D eigenvalue weighted by molar-refractivity contribution is -0.137. The van der Waals surface area contributed by atoms with Crippen LogP contribution in [0.15, 0.2) is 66.7 Å². The molecule has 1 saturated heterocycles. The molecule has 0 aliphatic carbocycles. The van der Waals surface area contributed by atoms with Gasteiger partial charge in [-0.15, -0.1) is 0 Å². The molecule has 0 bridgehead atoms. The van der Waals surface area contributed by atoms with Crippen molar-refractivity contribution in [2.24, 2.45) is 0 Å². The lowest BCUT2D eigenvalue weighted by Crippen LogP contribution is -2.46. The average molecular weight is 540 g/mol. The zero-order valence-corrected chi connectivity index (χ0v) is 22.8. The highest BCUT2D eigenvalue weighted by atomic mass is 19.4. The van der Waals surface area contributed by atoms with Crippen molar-refractivity contribution in [3.05, 3.63) is 83.4 Å². The van der Waals surface area contributed by atoms with Gasteiger partial charge in [0.15, 0.2) is 0 Å². The monoisotopic (exact) mass is 539 g/mol. The number of amides is 1. The number of carbonyl (C=O) groups excluding carboxylic acids is 1. The maximum atomic E-state index is 13.8. The second-order valence-corrected chi connectivity index (χ2v) is 9.66. The van der Waals surface area contributed by atoms with Crippen LogP contribution in [0.2, 0.25) is 0 Å². The van der Waals surface area contributed by atoms with Crippen LogP contribution >= 0.6 is 0 Å². The smallest absolute Gasteiger partial charge is 0.416 e. The molecule has 1 heterocycles. The Balaban J connectivity index is 1.44. The van der Waals surface area contributed by atoms with Gasteiger partial charge in [-0.2, -0.15) is 13.2 Å². The number of hydrogen-bond donors (Lipinski definition) is 0. The van der Waals surface area contributed by atoms with Gasteiger partial charge in [0.05, 0.1) is 12.2 Å². The van der Waals surface area contributed by atoms with E-state index in [1.54, 1.807) is 29.2 Å². The summed E-state index contributed by atoms with van der Waals surface area (Å²) >= 11 is 0. The standard InChI is InChI=1S/C31H36F3N3O2/c1-4-36(5-2)30(38)24-10-12-28(13-11-24)37-16-14-35(15-17-37)22-23-18-26(20-27(19-23)31(32,33)34)25-8-7-9-29(21-25)39-6-3/h7-13,18-21H,4-6,14-17,22H2,1-3H3. The van der Waals surface area contributed by atoms with E-state index in [0.717, 1.165) is 31.9 Å². The molecule has 0 unspecified atom stereocenters. The summed E-state index contributed by atoms with van der Waals surface area (Å²) in [6, 6.07) is 19.2. The average Bonchev–Trinajstić information content (AvgIpc) is 2.94. The van der Waals surface area contributed by atoms with Crippen molar-refractivity contribution in [2.75, 3.05) is 50.8 Å². The van der Waals surface area contributed by atoms with Crippen molar-refractivity contribution < 1.29 is 22.7 Å². The zero-order valence-electron chi connectivity index (χ0n) is 22.8. The summed E-state index contributed by atoms with van der Waals surface area (Å²) < 4.78 is 46.9. The topological polar surface area (TPSA) is 36.0 Å². The molecule has 8 heteroatoms. The van der Waals surface area contributed by atoms with E-state index in [1.807, 2.05) is 51.1 Å². The van der Waals surface area contributed by atoms with Crippen LogP contribution in [0.4, 0.5) is 18.9 Å².